The molecule has 0 radical (unpaired) electrons. The number of anilines is 1. The molecule has 6 nitrogen and oxygen atoms in total. The lowest BCUT2D eigenvalue weighted by Gasteiger charge is -2.37. The van der Waals surface area contributed by atoms with E-state index >= 15 is 0 Å². The molecule has 1 unspecified atom stereocenters. The maximum Gasteiger partial charge on any atom is 0.129 e. The van der Waals surface area contributed by atoms with Crippen molar-refractivity contribution >= 4 is 34.5 Å². The Morgan fingerprint density at radius 3 is 2.51 bits per heavy atom. The van der Waals surface area contributed by atoms with E-state index in [1.54, 1.807) is 7.11 Å². The van der Waals surface area contributed by atoms with Gasteiger partial charge in [0.2, 0.25) is 0 Å². The van der Waals surface area contributed by atoms with Gasteiger partial charge in [0.1, 0.15) is 16.4 Å². The highest BCUT2D eigenvalue weighted by Gasteiger charge is 2.39. The Kier molecular flexibility index (Phi) is 7.54. The van der Waals surface area contributed by atoms with Crippen LogP contribution in [-0.2, 0) is 19.1 Å². The maximum atomic E-state index is 6.40. The van der Waals surface area contributed by atoms with Crippen LogP contribution in [0.5, 0.6) is 5.75 Å². The van der Waals surface area contributed by atoms with Gasteiger partial charge in [-0.05, 0) is 64.7 Å². The zero-order valence-electron chi connectivity index (χ0n) is 22.7. The summed E-state index contributed by atoms with van der Waals surface area (Å²) in [4.78, 5) is 9.00. The number of ether oxygens (including phenoxy) is 1. The molecule has 3 aromatic carbocycles. The molecule has 0 spiro atoms. The topological polar surface area (TPSA) is 64.0 Å². The molecule has 0 saturated heterocycles. The van der Waals surface area contributed by atoms with Gasteiger partial charge in [0.05, 0.1) is 25.3 Å². The number of hydrogen-bond donors (Lipinski definition) is 2. The first-order valence-corrected chi connectivity index (χ1v) is 14.0. The van der Waals surface area contributed by atoms with Gasteiger partial charge in [0.15, 0.2) is 0 Å². The molecule has 0 fully saturated rings. The van der Waals surface area contributed by atoms with Gasteiger partial charge in [-0.3, -0.25) is 5.32 Å². The molecule has 0 bridgehead atoms. The predicted molar refractivity (Wildman–Crippen MR) is 166 cm³/mol. The van der Waals surface area contributed by atoms with Crippen LogP contribution in [0.25, 0.3) is 5.57 Å². The van der Waals surface area contributed by atoms with E-state index in [9.17, 15) is 0 Å². The van der Waals surface area contributed by atoms with Crippen molar-refractivity contribution in [1.82, 2.24) is 19.9 Å². The summed E-state index contributed by atoms with van der Waals surface area (Å²) in [7, 11) is 3.68. The third kappa shape index (κ3) is 5.22. The number of aromatic nitrogens is 3. The summed E-state index contributed by atoms with van der Waals surface area (Å²) in [5, 5.41) is 8.58. The van der Waals surface area contributed by atoms with Gasteiger partial charge in [0.25, 0.3) is 0 Å². The fraction of sp³-hybridized carbons (Fsp3) is 0.152. The Morgan fingerprint density at radius 1 is 0.976 bits per heavy atom. The van der Waals surface area contributed by atoms with Gasteiger partial charge in [-0.25, -0.2) is 9.97 Å². The molecule has 1 aliphatic heterocycles. The smallest absolute Gasteiger partial charge is 0.129 e. The number of aryl methyl sites for hydroxylation is 1. The van der Waals surface area contributed by atoms with Crippen molar-refractivity contribution in [2.45, 2.75) is 12.1 Å². The van der Waals surface area contributed by atoms with Crippen LogP contribution in [0.2, 0.25) is 10.2 Å². The first-order valence-electron chi connectivity index (χ1n) is 13.3. The number of hydrogen-bond acceptors (Lipinski definition) is 5. The number of rotatable bonds is 8. The second kappa shape index (κ2) is 11.4. The van der Waals surface area contributed by atoms with E-state index in [0.29, 0.717) is 16.7 Å². The molecule has 2 N–H and O–H groups in total. The van der Waals surface area contributed by atoms with Gasteiger partial charge in [-0.1, -0.05) is 65.7 Å². The van der Waals surface area contributed by atoms with E-state index in [1.807, 2.05) is 72.8 Å². The van der Waals surface area contributed by atoms with Crippen molar-refractivity contribution in [1.29, 1.82) is 0 Å². The average molecular weight is 583 g/mol. The van der Waals surface area contributed by atoms with Gasteiger partial charge in [-0.15, -0.1) is 0 Å². The predicted octanol–water partition coefficient (Wildman–Crippen LogP) is 7.07. The third-order valence-corrected chi connectivity index (χ3v) is 8.01. The molecule has 0 aliphatic carbocycles. The fourth-order valence-corrected chi connectivity index (χ4v) is 5.81. The van der Waals surface area contributed by atoms with Crippen LogP contribution >= 0.6 is 23.2 Å². The Labute approximate surface area is 249 Å². The molecule has 206 valence electrons. The van der Waals surface area contributed by atoms with Gasteiger partial charge < -0.3 is 14.6 Å². The number of halogens is 2. The Bertz CT molecular complexity index is 1710. The number of imidazole rings is 1. The molecular formula is C33H29Cl2N5O. The SMILES string of the molecule is COc1ccc(CNC(c2ccc(Cl)nc2)(c2ccc3c(c2)C(c2cccc(Cl)c2)=CCN3)c2cncn2C)cc1. The van der Waals surface area contributed by atoms with Crippen LogP contribution < -0.4 is 15.4 Å². The minimum Gasteiger partial charge on any atom is -0.497 e. The molecule has 0 saturated carbocycles. The molecule has 6 rings (SSSR count). The summed E-state index contributed by atoms with van der Waals surface area (Å²) >= 11 is 12.7. The summed E-state index contributed by atoms with van der Waals surface area (Å²) in [5.41, 5.74) is 7.60. The highest BCUT2D eigenvalue weighted by atomic mass is 35.5. The van der Waals surface area contributed by atoms with E-state index in [4.69, 9.17) is 27.9 Å². The van der Waals surface area contributed by atoms with Crippen LogP contribution in [0.3, 0.4) is 0 Å². The third-order valence-electron chi connectivity index (χ3n) is 7.56. The zero-order valence-corrected chi connectivity index (χ0v) is 24.2. The van der Waals surface area contributed by atoms with Crippen molar-refractivity contribution < 1.29 is 4.74 Å². The Morgan fingerprint density at radius 2 is 1.80 bits per heavy atom. The van der Waals surface area contributed by atoms with Crippen LogP contribution in [0, 0.1) is 0 Å². The Hall–Kier alpha value is -4.10. The van der Waals surface area contributed by atoms with Crippen LogP contribution in [0.4, 0.5) is 5.69 Å². The summed E-state index contributed by atoms with van der Waals surface area (Å²) in [6.07, 6.45) is 7.76. The molecule has 3 heterocycles. The summed E-state index contributed by atoms with van der Waals surface area (Å²) < 4.78 is 7.42. The van der Waals surface area contributed by atoms with Crippen molar-refractivity contribution in [2.75, 3.05) is 19.0 Å². The van der Waals surface area contributed by atoms with Gasteiger partial charge in [-0.2, -0.15) is 0 Å². The lowest BCUT2D eigenvalue weighted by molar-refractivity contribution is 0.414. The molecule has 41 heavy (non-hydrogen) atoms. The molecule has 2 aromatic heterocycles. The number of fused-ring (bicyclic) bond motifs is 1. The molecule has 0 amide bonds. The summed E-state index contributed by atoms with van der Waals surface area (Å²) in [5.74, 6) is 0.816. The molecular weight excluding hydrogens is 553 g/mol. The largest absolute Gasteiger partial charge is 0.497 e. The summed E-state index contributed by atoms with van der Waals surface area (Å²) in [6.45, 7) is 1.31. The van der Waals surface area contributed by atoms with Gasteiger partial charge in [0, 0.05) is 48.2 Å². The van der Waals surface area contributed by atoms with E-state index in [1.165, 1.54) is 0 Å². The Balaban J connectivity index is 1.54. The number of benzene rings is 3. The average Bonchev–Trinajstić information content (AvgIpc) is 3.44. The van der Waals surface area contributed by atoms with Crippen molar-refractivity contribution in [2.24, 2.45) is 7.05 Å². The molecule has 1 aliphatic rings. The molecule has 8 heteroatoms. The standard InChI is InChI=1S/C33H29Cl2N5O/c1-40-21-36-20-31(40)33(25-9-13-32(35)38-19-25,39-18-22-6-10-27(41-2)11-7-22)24-8-12-30-29(17-24)28(14-15-37-30)23-4-3-5-26(34)16-23/h3-14,16-17,19-21,37,39H,15,18H2,1-2H3. The number of pyridine rings is 1. The second-order valence-corrected chi connectivity index (χ2v) is 10.8. The monoisotopic (exact) mass is 581 g/mol. The number of methoxy groups -OCH3 is 1. The van der Waals surface area contributed by atoms with Crippen LogP contribution in [0.15, 0.2) is 104 Å². The van der Waals surface area contributed by atoms with Crippen molar-refractivity contribution in [3.63, 3.8) is 0 Å². The minimum atomic E-state index is -0.811. The van der Waals surface area contributed by atoms with E-state index < -0.39 is 5.54 Å². The molecule has 1 atom stereocenters. The van der Waals surface area contributed by atoms with E-state index in [-0.39, 0.29) is 0 Å². The quantitative estimate of drug-likeness (QED) is 0.192. The second-order valence-electron chi connectivity index (χ2n) is 9.98. The lowest BCUT2D eigenvalue weighted by Crippen LogP contribution is -2.45. The normalized spacial score (nSPS) is 14.0. The minimum absolute atomic E-state index is 0.434. The zero-order chi connectivity index (χ0) is 28.4. The molecule has 5 aromatic rings. The van der Waals surface area contributed by atoms with Crippen LogP contribution in [-0.4, -0.2) is 28.2 Å². The number of nitrogens with zero attached hydrogens (tertiary/aromatic N) is 3. The van der Waals surface area contributed by atoms with Gasteiger partial charge >= 0.3 is 0 Å². The summed E-state index contributed by atoms with van der Waals surface area (Å²) in [6, 6.07) is 26.5. The first kappa shape index (κ1) is 27.1. The highest BCUT2D eigenvalue weighted by molar-refractivity contribution is 6.30. The maximum absolute atomic E-state index is 6.40. The van der Waals surface area contributed by atoms with E-state index in [2.05, 4.69) is 63.1 Å². The van der Waals surface area contributed by atoms with Crippen molar-refractivity contribution in [3.05, 3.63) is 147 Å². The number of nitrogens with one attached hydrogen (secondary N) is 2. The lowest BCUT2D eigenvalue weighted by atomic mass is 9.78. The van der Waals surface area contributed by atoms with E-state index in [0.717, 1.165) is 57.1 Å². The van der Waals surface area contributed by atoms with Crippen molar-refractivity contribution in [3.8, 4) is 5.75 Å². The highest BCUT2D eigenvalue weighted by Crippen LogP contribution is 2.41. The first-order chi connectivity index (χ1) is 20.0. The van der Waals surface area contributed by atoms with Crippen LogP contribution in [0.1, 0.15) is 33.5 Å². The fourth-order valence-electron chi connectivity index (χ4n) is 5.51.